The van der Waals surface area contributed by atoms with E-state index >= 15 is 0 Å². The molecule has 2 heterocycles. The van der Waals surface area contributed by atoms with E-state index in [0.29, 0.717) is 17.0 Å². The number of fused-ring (bicyclic) bond motifs is 8. The molecule has 0 unspecified atom stereocenters. The minimum Gasteiger partial charge on any atom is -0.421 e. The van der Waals surface area contributed by atoms with Gasteiger partial charge in [-0.05, 0) is 164 Å². The van der Waals surface area contributed by atoms with Gasteiger partial charge in [-0.15, -0.1) is 0 Å². The van der Waals surface area contributed by atoms with Crippen LogP contribution in [0.3, 0.4) is 0 Å². The number of hydrogen-bond donors (Lipinski definition) is 2. The zero-order chi connectivity index (χ0) is 70.9. The third-order valence-electron chi connectivity index (χ3n) is 20.1. The summed E-state index contributed by atoms with van der Waals surface area (Å²) in [5.74, 6) is 0.713. The molecule has 500 valence electrons. The van der Waals surface area contributed by atoms with E-state index in [1.807, 2.05) is 72.8 Å². The van der Waals surface area contributed by atoms with E-state index in [0.717, 1.165) is 65.9 Å². The molecule has 18 rings (SSSR count). The molecular formula is C94H72BBrN6O2. The van der Waals surface area contributed by atoms with Crippen LogP contribution < -0.4 is 15.5 Å². The molecule has 0 spiro atoms. The van der Waals surface area contributed by atoms with Crippen LogP contribution in [0.5, 0.6) is 0 Å². The predicted molar refractivity (Wildman–Crippen MR) is 435 cm³/mol. The van der Waals surface area contributed by atoms with E-state index in [9.17, 15) is 10.0 Å². The van der Waals surface area contributed by atoms with Gasteiger partial charge in [-0.2, -0.15) is 0 Å². The zero-order valence-electron chi connectivity index (χ0n) is 58.0. The Balaban J connectivity index is 0.000000133. The standard InChI is InChI=1S/C47H35N3.C33H26BrN.C14H11BN2O2/c1-47(2)41-21-11-9-18-38(41)39-20-13-23-43(44(39)47)50(36-28-24-33(25-29-36)32-14-5-3-6-15-32)37-30-26-35(27-31-37)46-48-42-22-12-10-19-40(42)45(49-46)34-16-7-4-8-17-34;1-33(2)30-13-7-6-11-28(30)29-12-8-14-31(32(29)33)35(27-21-17-25(34)18-22-27)26-19-15-24(16-20-26)23-9-4-3-5-10-23;18-15(19)14-16-12-9-5-4-8-11(12)13(17-14)10-6-2-1-3-7-10/h3-31H,1-2H3;3-22H,1-2H3;1-9,18-19H. The number of halogens is 1. The zero-order valence-corrected chi connectivity index (χ0v) is 59.6. The highest BCUT2D eigenvalue weighted by Gasteiger charge is 2.40. The predicted octanol–water partition coefficient (Wildman–Crippen LogP) is 23.3. The molecule has 14 aromatic carbocycles. The van der Waals surface area contributed by atoms with Gasteiger partial charge < -0.3 is 19.8 Å². The second-order valence-corrected chi connectivity index (χ2v) is 28.1. The molecule has 0 bridgehead atoms. The van der Waals surface area contributed by atoms with Crippen LogP contribution in [0.25, 0.3) is 100 Å². The van der Waals surface area contributed by atoms with Crippen LogP contribution in [0.15, 0.2) is 356 Å². The first kappa shape index (κ1) is 66.4. The lowest BCUT2D eigenvalue weighted by Crippen LogP contribution is -2.35. The Kier molecular flexibility index (Phi) is 18.1. The fourth-order valence-corrected chi connectivity index (χ4v) is 15.4. The number of hydrogen-bond acceptors (Lipinski definition) is 8. The van der Waals surface area contributed by atoms with Crippen molar-refractivity contribution in [3.8, 4) is 78.4 Å². The normalized spacial score (nSPS) is 12.5. The quantitative estimate of drug-likeness (QED) is 0.117. The number of benzene rings is 14. The van der Waals surface area contributed by atoms with Crippen molar-refractivity contribution in [1.82, 2.24) is 19.9 Å². The molecule has 8 nitrogen and oxygen atoms in total. The highest BCUT2D eigenvalue weighted by molar-refractivity contribution is 9.10. The van der Waals surface area contributed by atoms with Crippen LogP contribution in [-0.2, 0) is 10.8 Å². The van der Waals surface area contributed by atoms with Crippen molar-refractivity contribution < 1.29 is 10.0 Å². The Bertz CT molecular complexity index is 5770. The van der Waals surface area contributed by atoms with Crippen LogP contribution in [0, 0.1) is 0 Å². The van der Waals surface area contributed by atoms with Gasteiger partial charge in [0.05, 0.1) is 33.8 Å². The summed E-state index contributed by atoms with van der Waals surface area (Å²) in [6, 6.07) is 123. The maximum Gasteiger partial charge on any atom is 0.528 e. The molecule has 10 heteroatoms. The molecule has 0 amide bonds. The average molecular weight is 1410 g/mol. The van der Waals surface area contributed by atoms with Crippen molar-refractivity contribution in [2.45, 2.75) is 38.5 Å². The summed E-state index contributed by atoms with van der Waals surface area (Å²) in [5.41, 5.74) is 28.4. The largest absolute Gasteiger partial charge is 0.528 e. The second kappa shape index (κ2) is 28.3. The van der Waals surface area contributed by atoms with Gasteiger partial charge >= 0.3 is 7.12 Å². The van der Waals surface area contributed by atoms with E-state index in [1.165, 1.54) is 78.1 Å². The fourth-order valence-electron chi connectivity index (χ4n) is 15.1. The molecule has 0 radical (unpaired) electrons. The smallest absolute Gasteiger partial charge is 0.421 e. The molecule has 2 aliphatic rings. The number of nitrogens with zero attached hydrogens (tertiary/aromatic N) is 6. The summed E-state index contributed by atoms with van der Waals surface area (Å²) >= 11 is 3.61. The number of rotatable bonds is 12. The molecule has 0 fully saturated rings. The molecular weight excluding hydrogens is 1340 g/mol. The van der Waals surface area contributed by atoms with Gasteiger partial charge in [-0.25, -0.2) is 19.9 Å². The van der Waals surface area contributed by atoms with E-state index in [1.54, 1.807) is 0 Å². The number of anilines is 6. The molecule has 2 aromatic heterocycles. The molecule has 0 atom stereocenters. The molecule has 0 saturated carbocycles. The molecule has 2 aliphatic carbocycles. The first-order valence-corrected chi connectivity index (χ1v) is 35.9. The highest BCUT2D eigenvalue weighted by atomic mass is 79.9. The lowest BCUT2D eigenvalue weighted by atomic mass is 9.81. The van der Waals surface area contributed by atoms with Crippen molar-refractivity contribution in [3.63, 3.8) is 0 Å². The molecule has 0 saturated heterocycles. The van der Waals surface area contributed by atoms with Crippen LogP contribution in [0.4, 0.5) is 34.1 Å². The first-order chi connectivity index (χ1) is 50.8. The molecule has 0 aliphatic heterocycles. The van der Waals surface area contributed by atoms with Crippen LogP contribution in [0.1, 0.15) is 49.9 Å². The van der Waals surface area contributed by atoms with Gasteiger partial charge in [0.25, 0.3) is 0 Å². The van der Waals surface area contributed by atoms with E-state index in [4.69, 9.17) is 9.97 Å². The topological polar surface area (TPSA) is 98.5 Å². The van der Waals surface area contributed by atoms with Crippen LogP contribution in [0.2, 0.25) is 0 Å². The third-order valence-corrected chi connectivity index (χ3v) is 20.6. The Hall–Kier alpha value is -12.2. The first-order valence-electron chi connectivity index (χ1n) is 35.1. The van der Waals surface area contributed by atoms with Crippen LogP contribution >= 0.6 is 15.9 Å². The van der Waals surface area contributed by atoms with Crippen molar-refractivity contribution >= 4 is 84.7 Å². The Morgan fingerprint density at radius 1 is 0.288 bits per heavy atom. The van der Waals surface area contributed by atoms with Crippen molar-refractivity contribution in [2.24, 2.45) is 0 Å². The van der Waals surface area contributed by atoms with E-state index in [-0.39, 0.29) is 16.6 Å². The van der Waals surface area contributed by atoms with E-state index < -0.39 is 7.12 Å². The Morgan fingerprint density at radius 3 is 1.04 bits per heavy atom. The second-order valence-electron chi connectivity index (χ2n) is 27.2. The Labute approximate surface area is 615 Å². The number of aromatic nitrogens is 4. The number of para-hydroxylation sites is 2. The van der Waals surface area contributed by atoms with Crippen molar-refractivity contribution in [3.05, 3.63) is 379 Å². The fraction of sp³-hybridized carbons (Fsp3) is 0.0638. The lowest BCUT2D eigenvalue weighted by Gasteiger charge is -2.32. The summed E-state index contributed by atoms with van der Waals surface area (Å²) in [4.78, 5) is 23.4. The summed E-state index contributed by atoms with van der Waals surface area (Å²) in [7, 11) is -1.67. The van der Waals surface area contributed by atoms with Gasteiger partial charge in [0.1, 0.15) is 0 Å². The minimum absolute atomic E-state index is 0.0116. The minimum atomic E-state index is -1.67. The van der Waals surface area contributed by atoms with Crippen molar-refractivity contribution in [1.29, 1.82) is 0 Å². The van der Waals surface area contributed by atoms with Gasteiger partial charge in [-0.1, -0.05) is 298 Å². The van der Waals surface area contributed by atoms with Crippen LogP contribution in [-0.4, -0.2) is 37.1 Å². The van der Waals surface area contributed by atoms with Gasteiger partial charge in [-0.3, -0.25) is 0 Å². The molecule has 16 aromatic rings. The maximum atomic E-state index is 9.29. The molecule has 2 N–H and O–H groups in total. The summed E-state index contributed by atoms with van der Waals surface area (Å²) in [6.07, 6.45) is 0. The summed E-state index contributed by atoms with van der Waals surface area (Å²) in [6.45, 7) is 9.39. The third kappa shape index (κ3) is 12.7. The SMILES string of the molecule is CC1(C)c2ccccc2-c2cccc(N(c3ccc(-c4ccccc4)cc3)c3ccc(-c4nc(-c5ccccc5)c5ccccc5n4)cc3)c21.CC1(C)c2ccccc2-c2cccc(N(c3ccc(Br)cc3)c3ccc(-c4ccccc4)cc3)c21.OB(O)c1nc(-c2ccccc2)c2ccccc2n1. The summed E-state index contributed by atoms with van der Waals surface area (Å²) in [5, 5.41) is 20.5. The molecule has 104 heavy (non-hydrogen) atoms. The van der Waals surface area contributed by atoms with E-state index in [2.05, 4.69) is 342 Å². The maximum absolute atomic E-state index is 9.29. The Morgan fingerprint density at radius 2 is 0.615 bits per heavy atom. The summed E-state index contributed by atoms with van der Waals surface area (Å²) < 4.78 is 1.08. The highest BCUT2D eigenvalue weighted by Crippen LogP contribution is 2.56. The van der Waals surface area contributed by atoms with Gasteiger partial charge in [0, 0.05) is 65.5 Å². The average Bonchev–Trinajstić information content (AvgIpc) is 1.57. The monoisotopic (exact) mass is 1410 g/mol. The van der Waals surface area contributed by atoms with Gasteiger partial charge in [0.2, 0.25) is 0 Å². The van der Waals surface area contributed by atoms with Crippen molar-refractivity contribution in [2.75, 3.05) is 9.80 Å². The van der Waals surface area contributed by atoms with Gasteiger partial charge in [0.15, 0.2) is 11.5 Å². The lowest BCUT2D eigenvalue weighted by molar-refractivity contribution is 0.422.